The van der Waals surface area contributed by atoms with E-state index in [4.69, 9.17) is 5.26 Å². The van der Waals surface area contributed by atoms with E-state index in [1.165, 1.54) is 25.7 Å². The molecule has 0 bridgehead atoms. The second-order valence-corrected chi connectivity index (χ2v) is 5.29. The zero-order valence-electron chi connectivity index (χ0n) is 9.17. The van der Waals surface area contributed by atoms with Gasteiger partial charge in [-0.3, -0.25) is 0 Å². The number of nitriles is 1. The molecular weight excluding hydrogens is 264 g/mol. The van der Waals surface area contributed by atoms with Crippen LogP contribution >= 0.6 is 15.9 Å². The van der Waals surface area contributed by atoms with Gasteiger partial charge in [0.2, 0.25) is 0 Å². The van der Waals surface area contributed by atoms with Crippen molar-refractivity contribution in [3.8, 4) is 6.07 Å². The SMILES string of the molecule is N#Cc1cc(Br)cc(NCC2CCCC2)c1. The molecule has 0 amide bonds. The highest BCUT2D eigenvalue weighted by molar-refractivity contribution is 9.10. The minimum Gasteiger partial charge on any atom is -0.385 e. The van der Waals surface area contributed by atoms with Crippen LogP contribution in [0.15, 0.2) is 22.7 Å². The summed E-state index contributed by atoms with van der Waals surface area (Å²) in [6.45, 7) is 1.03. The molecule has 1 N–H and O–H groups in total. The van der Waals surface area contributed by atoms with E-state index in [2.05, 4.69) is 27.3 Å². The molecule has 2 nitrogen and oxygen atoms in total. The molecule has 0 saturated heterocycles. The van der Waals surface area contributed by atoms with Crippen LogP contribution in [0.3, 0.4) is 0 Å². The maximum absolute atomic E-state index is 8.87. The van der Waals surface area contributed by atoms with Crippen molar-refractivity contribution in [3.63, 3.8) is 0 Å². The number of rotatable bonds is 3. The minimum atomic E-state index is 0.697. The summed E-state index contributed by atoms with van der Waals surface area (Å²) < 4.78 is 0.959. The molecule has 16 heavy (non-hydrogen) atoms. The summed E-state index contributed by atoms with van der Waals surface area (Å²) in [5.41, 5.74) is 1.74. The van der Waals surface area contributed by atoms with Gasteiger partial charge < -0.3 is 5.32 Å². The highest BCUT2D eigenvalue weighted by Gasteiger charge is 2.14. The van der Waals surface area contributed by atoms with Crippen LogP contribution in [0.4, 0.5) is 5.69 Å². The van der Waals surface area contributed by atoms with Gasteiger partial charge in [0.05, 0.1) is 11.6 Å². The van der Waals surface area contributed by atoms with Crippen molar-refractivity contribution >= 4 is 21.6 Å². The zero-order valence-corrected chi connectivity index (χ0v) is 10.8. The molecule has 1 aromatic rings. The fourth-order valence-corrected chi connectivity index (χ4v) is 2.73. The molecule has 3 heteroatoms. The van der Waals surface area contributed by atoms with Crippen molar-refractivity contribution in [2.24, 2.45) is 5.92 Å². The molecule has 0 heterocycles. The Labute approximate surface area is 105 Å². The first-order chi connectivity index (χ1) is 7.78. The van der Waals surface area contributed by atoms with E-state index in [1.807, 2.05) is 18.2 Å². The van der Waals surface area contributed by atoms with Gasteiger partial charge in [0, 0.05) is 16.7 Å². The van der Waals surface area contributed by atoms with Crippen LogP contribution in [0.1, 0.15) is 31.2 Å². The smallest absolute Gasteiger partial charge is 0.0992 e. The predicted molar refractivity (Wildman–Crippen MR) is 69.3 cm³/mol. The first-order valence-electron chi connectivity index (χ1n) is 5.72. The highest BCUT2D eigenvalue weighted by Crippen LogP contribution is 2.26. The number of hydrogen-bond donors (Lipinski definition) is 1. The van der Waals surface area contributed by atoms with Crippen LogP contribution in [0, 0.1) is 17.2 Å². The maximum atomic E-state index is 8.87. The lowest BCUT2D eigenvalue weighted by atomic mass is 10.1. The van der Waals surface area contributed by atoms with Gasteiger partial charge in [0.1, 0.15) is 0 Å². The number of halogens is 1. The van der Waals surface area contributed by atoms with E-state index in [0.29, 0.717) is 5.56 Å². The maximum Gasteiger partial charge on any atom is 0.0992 e. The molecule has 0 unspecified atom stereocenters. The Morgan fingerprint density at radius 2 is 2.06 bits per heavy atom. The predicted octanol–water partition coefficient (Wildman–Crippen LogP) is 3.92. The van der Waals surface area contributed by atoms with Crippen LogP contribution in [-0.2, 0) is 0 Å². The van der Waals surface area contributed by atoms with Gasteiger partial charge in [-0.2, -0.15) is 5.26 Å². The fourth-order valence-electron chi connectivity index (χ4n) is 2.23. The Balaban J connectivity index is 1.98. The van der Waals surface area contributed by atoms with E-state index in [0.717, 1.165) is 22.6 Å². The van der Waals surface area contributed by atoms with Crippen LogP contribution in [-0.4, -0.2) is 6.54 Å². The van der Waals surface area contributed by atoms with Gasteiger partial charge in [0.25, 0.3) is 0 Å². The van der Waals surface area contributed by atoms with Gasteiger partial charge in [-0.15, -0.1) is 0 Å². The summed E-state index contributed by atoms with van der Waals surface area (Å²) in [6, 6.07) is 7.93. The van der Waals surface area contributed by atoms with Crippen LogP contribution < -0.4 is 5.32 Å². The number of hydrogen-bond acceptors (Lipinski definition) is 2. The first-order valence-corrected chi connectivity index (χ1v) is 6.52. The summed E-state index contributed by atoms with van der Waals surface area (Å²) in [5.74, 6) is 0.810. The highest BCUT2D eigenvalue weighted by atomic mass is 79.9. The number of anilines is 1. The second-order valence-electron chi connectivity index (χ2n) is 4.37. The molecule has 0 atom stereocenters. The molecule has 1 aliphatic carbocycles. The first kappa shape index (κ1) is 11.5. The van der Waals surface area contributed by atoms with Crippen molar-refractivity contribution in [3.05, 3.63) is 28.2 Å². The third-order valence-electron chi connectivity index (χ3n) is 3.10. The van der Waals surface area contributed by atoms with Crippen LogP contribution in [0.2, 0.25) is 0 Å². The molecule has 1 aromatic carbocycles. The fraction of sp³-hybridized carbons (Fsp3) is 0.462. The summed E-state index contributed by atoms with van der Waals surface area (Å²) in [6.07, 6.45) is 5.42. The average Bonchev–Trinajstić information content (AvgIpc) is 2.78. The molecule has 1 aliphatic rings. The van der Waals surface area contributed by atoms with Crippen molar-refractivity contribution in [2.75, 3.05) is 11.9 Å². The molecule has 1 fully saturated rings. The van der Waals surface area contributed by atoms with Crippen LogP contribution in [0.5, 0.6) is 0 Å². The van der Waals surface area contributed by atoms with Gasteiger partial charge >= 0.3 is 0 Å². The Morgan fingerprint density at radius 3 is 2.75 bits per heavy atom. The topological polar surface area (TPSA) is 35.8 Å². The average molecular weight is 279 g/mol. The van der Waals surface area contributed by atoms with E-state index in [9.17, 15) is 0 Å². The standard InChI is InChI=1S/C13H15BrN2/c14-12-5-11(8-15)6-13(7-12)16-9-10-3-1-2-4-10/h5-7,10,16H,1-4,9H2. The molecule has 84 valence electrons. The third kappa shape index (κ3) is 2.99. The summed E-state index contributed by atoms with van der Waals surface area (Å²) in [5, 5.41) is 12.3. The number of nitrogens with one attached hydrogen (secondary N) is 1. The number of benzene rings is 1. The van der Waals surface area contributed by atoms with Crippen molar-refractivity contribution in [2.45, 2.75) is 25.7 Å². The molecule has 0 spiro atoms. The van der Waals surface area contributed by atoms with Crippen molar-refractivity contribution in [1.82, 2.24) is 0 Å². The lowest BCUT2D eigenvalue weighted by molar-refractivity contribution is 0.580. The van der Waals surface area contributed by atoms with E-state index in [1.54, 1.807) is 0 Å². The molecule has 2 rings (SSSR count). The zero-order chi connectivity index (χ0) is 11.4. The van der Waals surface area contributed by atoms with Gasteiger partial charge in [-0.25, -0.2) is 0 Å². The Kier molecular flexibility index (Phi) is 3.84. The van der Waals surface area contributed by atoms with Gasteiger partial charge in [-0.05, 0) is 37.0 Å². The van der Waals surface area contributed by atoms with Gasteiger partial charge in [-0.1, -0.05) is 28.8 Å². The second kappa shape index (κ2) is 5.36. The van der Waals surface area contributed by atoms with Crippen molar-refractivity contribution in [1.29, 1.82) is 5.26 Å². The van der Waals surface area contributed by atoms with E-state index in [-0.39, 0.29) is 0 Å². The van der Waals surface area contributed by atoms with Gasteiger partial charge in [0.15, 0.2) is 0 Å². The normalized spacial score (nSPS) is 16.0. The summed E-state index contributed by atoms with van der Waals surface area (Å²) in [7, 11) is 0. The Morgan fingerprint density at radius 1 is 1.31 bits per heavy atom. The van der Waals surface area contributed by atoms with E-state index < -0.39 is 0 Å². The molecule has 0 aliphatic heterocycles. The quantitative estimate of drug-likeness (QED) is 0.910. The van der Waals surface area contributed by atoms with Crippen molar-refractivity contribution < 1.29 is 0 Å². The lowest BCUT2D eigenvalue weighted by Crippen LogP contribution is -2.10. The molecule has 0 radical (unpaired) electrons. The largest absolute Gasteiger partial charge is 0.385 e. The number of nitrogens with zero attached hydrogens (tertiary/aromatic N) is 1. The summed E-state index contributed by atoms with van der Waals surface area (Å²) >= 11 is 3.42. The minimum absolute atomic E-state index is 0.697. The molecule has 0 aromatic heterocycles. The Hall–Kier alpha value is -1.01. The molecular formula is C13H15BrN2. The Bertz CT molecular complexity index is 403. The monoisotopic (exact) mass is 278 g/mol. The van der Waals surface area contributed by atoms with E-state index >= 15 is 0 Å². The third-order valence-corrected chi connectivity index (χ3v) is 3.55. The molecule has 1 saturated carbocycles. The lowest BCUT2D eigenvalue weighted by Gasteiger charge is -2.12. The van der Waals surface area contributed by atoms with Crippen LogP contribution in [0.25, 0.3) is 0 Å². The summed E-state index contributed by atoms with van der Waals surface area (Å²) in [4.78, 5) is 0.